The van der Waals surface area contributed by atoms with Gasteiger partial charge in [-0.05, 0) is 42.0 Å². The van der Waals surface area contributed by atoms with Crippen molar-refractivity contribution in [1.82, 2.24) is 14.9 Å². The van der Waals surface area contributed by atoms with Gasteiger partial charge in [0.2, 0.25) is 5.91 Å². The zero-order chi connectivity index (χ0) is 20.9. The Morgan fingerprint density at radius 1 is 0.933 bits per heavy atom. The molecule has 0 aliphatic heterocycles. The Kier molecular flexibility index (Phi) is 5.43. The number of nitrogens with one attached hydrogen (secondary N) is 2. The summed E-state index contributed by atoms with van der Waals surface area (Å²) in [6.45, 7) is 0. The number of primary amides is 1. The first-order valence-electron chi connectivity index (χ1n) is 9.53. The second-order valence-corrected chi connectivity index (χ2v) is 6.89. The first-order chi connectivity index (χ1) is 14.6. The summed E-state index contributed by atoms with van der Waals surface area (Å²) in [6.07, 6.45) is 2.11. The summed E-state index contributed by atoms with van der Waals surface area (Å²) in [5.74, 6) is -0.335. The minimum Gasteiger partial charge on any atom is -0.352 e. The molecule has 4 rings (SSSR count). The molecule has 1 heterocycles. The number of hydrogen-bond acceptors (Lipinski definition) is 3. The van der Waals surface area contributed by atoms with Gasteiger partial charge in [0.1, 0.15) is 12.4 Å². The third-order valence-electron chi connectivity index (χ3n) is 4.78. The predicted molar refractivity (Wildman–Crippen MR) is 116 cm³/mol. The van der Waals surface area contributed by atoms with Crippen molar-refractivity contribution in [1.29, 1.82) is 0 Å². The third-order valence-corrected chi connectivity index (χ3v) is 4.78. The molecule has 30 heavy (non-hydrogen) atoms. The Labute approximate surface area is 173 Å². The summed E-state index contributed by atoms with van der Waals surface area (Å²) in [4.78, 5) is 28.5. The number of para-hydroxylation sites is 2. The number of amides is 3. The van der Waals surface area contributed by atoms with Crippen molar-refractivity contribution in [3.63, 3.8) is 0 Å². The number of fused-ring (bicyclic) bond motifs is 1. The number of benzene rings is 3. The Bertz CT molecular complexity index is 1170. The van der Waals surface area contributed by atoms with Crippen LogP contribution in [0.2, 0.25) is 0 Å². The van der Waals surface area contributed by atoms with Crippen molar-refractivity contribution < 1.29 is 9.59 Å². The second-order valence-electron chi connectivity index (χ2n) is 6.89. The largest absolute Gasteiger partial charge is 0.352 e. The van der Waals surface area contributed by atoms with E-state index >= 15 is 0 Å². The van der Waals surface area contributed by atoms with Gasteiger partial charge in [-0.3, -0.25) is 9.36 Å². The van der Waals surface area contributed by atoms with Gasteiger partial charge in [0.25, 0.3) is 0 Å². The van der Waals surface area contributed by atoms with E-state index in [2.05, 4.69) is 15.6 Å². The molecule has 0 saturated heterocycles. The Morgan fingerprint density at radius 3 is 2.37 bits per heavy atom. The van der Waals surface area contributed by atoms with Gasteiger partial charge in [-0.15, -0.1) is 0 Å². The molecular formula is C23H21N5O2. The molecule has 1 aromatic heterocycles. The molecule has 3 amide bonds. The molecule has 1 atom stereocenters. The smallest absolute Gasteiger partial charge is 0.312 e. The lowest BCUT2D eigenvalue weighted by atomic mass is 10.1. The number of urea groups is 1. The fourth-order valence-electron chi connectivity index (χ4n) is 3.33. The average Bonchev–Trinajstić information content (AvgIpc) is 3.18. The summed E-state index contributed by atoms with van der Waals surface area (Å²) >= 11 is 0. The van der Waals surface area contributed by atoms with Crippen LogP contribution in [0.4, 0.5) is 10.5 Å². The topological polar surface area (TPSA) is 102 Å². The van der Waals surface area contributed by atoms with Gasteiger partial charge in [-0.1, -0.05) is 42.5 Å². The molecule has 0 unspecified atom stereocenters. The van der Waals surface area contributed by atoms with Crippen LogP contribution in [0, 0.1) is 0 Å². The highest BCUT2D eigenvalue weighted by Crippen LogP contribution is 2.20. The third kappa shape index (κ3) is 4.30. The molecule has 150 valence electrons. The maximum Gasteiger partial charge on any atom is 0.312 e. The van der Waals surface area contributed by atoms with E-state index in [1.54, 1.807) is 6.33 Å². The molecule has 0 spiro atoms. The normalized spacial score (nSPS) is 11.7. The van der Waals surface area contributed by atoms with Gasteiger partial charge >= 0.3 is 6.03 Å². The number of imidazole rings is 1. The van der Waals surface area contributed by atoms with Gasteiger partial charge in [0.15, 0.2) is 0 Å². The summed E-state index contributed by atoms with van der Waals surface area (Å²) < 4.78 is 1.98. The quantitative estimate of drug-likeness (QED) is 0.464. The van der Waals surface area contributed by atoms with Crippen LogP contribution in [-0.2, 0) is 11.2 Å². The highest BCUT2D eigenvalue weighted by molar-refractivity contribution is 5.97. The van der Waals surface area contributed by atoms with Crippen LogP contribution in [0.5, 0.6) is 0 Å². The van der Waals surface area contributed by atoms with Gasteiger partial charge in [0, 0.05) is 17.8 Å². The number of carbonyl (C=O) groups is 2. The van der Waals surface area contributed by atoms with E-state index in [9.17, 15) is 9.59 Å². The van der Waals surface area contributed by atoms with Gasteiger partial charge in [-0.25, -0.2) is 9.78 Å². The van der Waals surface area contributed by atoms with Crippen LogP contribution in [0.1, 0.15) is 5.56 Å². The van der Waals surface area contributed by atoms with E-state index in [4.69, 9.17) is 5.73 Å². The molecule has 4 N–H and O–H groups in total. The fraction of sp³-hybridized carbons (Fsp3) is 0.0870. The SMILES string of the molecule is NC(=O)N[C@@H](Cc1ccccc1)C(=O)Nc1ccc(-n2cnc3ccccc32)cc1. The maximum absolute atomic E-state index is 12.7. The van der Waals surface area contributed by atoms with Gasteiger partial charge in [0.05, 0.1) is 11.0 Å². The Balaban J connectivity index is 1.49. The van der Waals surface area contributed by atoms with Gasteiger partial charge in [-0.2, -0.15) is 0 Å². The van der Waals surface area contributed by atoms with Crippen LogP contribution in [0.3, 0.4) is 0 Å². The lowest BCUT2D eigenvalue weighted by molar-refractivity contribution is -0.117. The number of hydrogen-bond donors (Lipinski definition) is 3. The molecule has 0 saturated carbocycles. The van der Waals surface area contributed by atoms with E-state index in [1.807, 2.05) is 83.4 Å². The minimum atomic E-state index is -0.776. The van der Waals surface area contributed by atoms with Crippen LogP contribution < -0.4 is 16.4 Å². The number of anilines is 1. The predicted octanol–water partition coefficient (Wildman–Crippen LogP) is 3.24. The highest BCUT2D eigenvalue weighted by Gasteiger charge is 2.20. The number of nitrogens with zero attached hydrogens (tertiary/aromatic N) is 2. The first kappa shape index (κ1) is 19.2. The van der Waals surface area contributed by atoms with Crippen molar-refractivity contribution in [3.8, 4) is 5.69 Å². The van der Waals surface area contributed by atoms with Crippen LogP contribution in [0.15, 0.2) is 85.2 Å². The van der Waals surface area contributed by atoms with Crippen molar-refractivity contribution in [2.24, 2.45) is 5.73 Å². The summed E-state index contributed by atoms with van der Waals surface area (Å²) in [6, 6.07) is 23.2. The van der Waals surface area contributed by atoms with Crippen LogP contribution >= 0.6 is 0 Å². The molecule has 4 aromatic rings. The van der Waals surface area contributed by atoms with Crippen LogP contribution in [0.25, 0.3) is 16.7 Å². The number of rotatable bonds is 6. The van der Waals surface area contributed by atoms with Crippen molar-refractivity contribution in [3.05, 3.63) is 90.8 Å². The fourth-order valence-corrected chi connectivity index (χ4v) is 3.33. The standard InChI is InChI=1S/C23H21N5O2/c24-23(30)27-20(14-16-6-2-1-3-7-16)22(29)26-17-10-12-18(13-11-17)28-15-25-19-8-4-5-9-21(19)28/h1-13,15,20H,14H2,(H,26,29)(H3,24,27,30)/t20-/m0/s1. The number of nitrogens with two attached hydrogens (primary N) is 1. The summed E-state index contributed by atoms with van der Waals surface area (Å²) in [7, 11) is 0. The summed E-state index contributed by atoms with van der Waals surface area (Å²) in [5, 5.41) is 5.36. The number of aromatic nitrogens is 2. The van der Waals surface area contributed by atoms with E-state index in [-0.39, 0.29) is 5.91 Å². The molecule has 3 aromatic carbocycles. The molecule has 0 fully saturated rings. The minimum absolute atomic E-state index is 0.335. The van der Waals surface area contributed by atoms with Crippen LogP contribution in [-0.4, -0.2) is 27.5 Å². The molecule has 0 bridgehead atoms. The number of carbonyl (C=O) groups excluding carboxylic acids is 2. The maximum atomic E-state index is 12.7. The molecule has 0 radical (unpaired) electrons. The zero-order valence-electron chi connectivity index (χ0n) is 16.2. The molecule has 7 nitrogen and oxygen atoms in total. The van der Waals surface area contributed by atoms with E-state index in [0.29, 0.717) is 12.1 Å². The average molecular weight is 399 g/mol. The molecule has 7 heteroatoms. The van der Waals surface area contributed by atoms with E-state index in [1.165, 1.54) is 0 Å². The molecule has 0 aliphatic carbocycles. The lowest BCUT2D eigenvalue weighted by Gasteiger charge is -2.17. The second kappa shape index (κ2) is 8.48. The van der Waals surface area contributed by atoms with Crippen molar-refractivity contribution >= 4 is 28.7 Å². The summed E-state index contributed by atoms with van der Waals surface area (Å²) in [5.41, 5.74) is 9.65. The molecule has 0 aliphatic rings. The van der Waals surface area contributed by atoms with Crippen molar-refractivity contribution in [2.45, 2.75) is 12.5 Å². The van der Waals surface area contributed by atoms with Gasteiger partial charge < -0.3 is 16.4 Å². The highest BCUT2D eigenvalue weighted by atomic mass is 16.2. The molecular weight excluding hydrogens is 378 g/mol. The Hall–Kier alpha value is -4.13. The lowest BCUT2D eigenvalue weighted by Crippen LogP contribution is -2.47. The zero-order valence-corrected chi connectivity index (χ0v) is 16.2. The monoisotopic (exact) mass is 399 g/mol. The van der Waals surface area contributed by atoms with Crippen molar-refractivity contribution in [2.75, 3.05) is 5.32 Å². The first-order valence-corrected chi connectivity index (χ1v) is 9.53. The van der Waals surface area contributed by atoms with E-state index < -0.39 is 12.1 Å². The van der Waals surface area contributed by atoms with E-state index in [0.717, 1.165) is 22.3 Å². The Morgan fingerprint density at radius 2 is 1.63 bits per heavy atom.